The molecule has 0 amide bonds. The molecule has 0 aromatic heterocycles. The fraction of sp³-hybridized carbons (Fsp3) is 0.143. The van der Waals surface area contributed by atoms with E-state index in [4.69, 9.17) is 0 Å². The molecule has 0 unspecified atom stereocenters. The first-order valence-corrected chi connectivity index (χ1v) is 12.8. The molecule has 100 valence electrons. The summed E-state index contributed by atoms with van der Waals surface area (Å²) in [6, 6.07) is 17.8. The second-order valence-electron chi connectivity index (χ2n) is 4.98. The van der Waals surface area contributed by atoms with Crippen molar-refractivity contribution in [1.82, 2.24) is 0 Å². The van der Waals surface area contributed by atoms with Crippen LogP contribution in [0.15, 0.2) is 48.5 Å². The zero-order valence-corrected chi connectivity index (χ0v) is 15.9. The van der Waals surface area contributed by atoms with Crippen molar-refractivity contribution < 1.29 is 0 Å². The molecule has 0 saturated carbocycles. The first kappa shape index (κ1) is 11.8. The van der Waals surface area contributed by atoms with E-state index in [9.17, 15) is 0 Å². The fourth-order valence-electron chi connectivity index (χ4n) is 2.97. The summed E-state index contributed by atoms with van der Waals surface area (Å²) in [5.41, 5.74) is 5.84. The van der Waals surface area contributed by atoms with Crippen LogP contribution < -0.4 is 9.10 Å². The number of fused-ring (bicyclic) bond motifs is 8. The van der Waals surface area contributed by atoms with Gasteiger partial charge in [-0.2, -0.15) is 0 Å². The summed E-state index contributed by atoms with van der Waals surface area (Å²) in [4.78, 5) is 0. The molecule has 5 rings (SSSR count). The van der Waals surface area contributed by atoms with Crippen LogP contribution in [0.1, 0.15) is 0 Å². The number of hydrogen-bond donors (Lipinski definition) is 0. The van der Waals surface area contributed by atoms with E-state index in [0.29, 0.717) is 0 Å². The van der Waals surface area contributed by atoms with Crippen LogP contribution in [0.5, 0.6) is 0 Å². The maximum absolute atomic E-state index is 2.84. The molecule has 6 heteroatoms. The Hall–Kier alpha value is -0.781. The molecule has 20 heavy (non-hydrogen) atoms. The summed E-state index contributed by atoms with van der Waals surface area (Å²) in [5, 5.41) is 0. The monoisotopic (exact) mass is 498 g/mol. The van der Waals surface area contributed by atoms with E-state index in [1.807, 2.05) is 0 Å². The summed E-state index contributed by atoms with van der Waals surface area (Å²) >= 11 is -3.10. The third kappa shape index (κ3) is 1.21. The van der Waals surface area contributed by atoms with Crippen LogP contribution >= 0.6 is 0 Å². The Morgan fingerprint density at radius 1 is 0.600 bits per heavy atom. The Balaban J connectivity index is 1.68. The van der Waals surface area contributed by atoms with Gasteiger partial charge >= 0.3 is 135 Å². The standard InChI is InChI=1S/C14H14N4Te2/c1-15-11-7-3-5-9-13(11)17-19(15)18-14-10-6-4-8-12(14)16(2)20(17)18/h3-10H,1-2H3/q+2. The summed E-state index contributed by atoms with van der Waals surface area (Å²) in [6.45, 7) is 0. The summed E-state index contributed by atoms with van der Waals surface area (Å²) < 4.78 is 10.8. The van der Waals surface area contributed by atoms with Crippen molar-refractivity contribution in [3.05, 3.63) is 48.5 Å². The molecule has 0 bridgehead atoms. The number of rotatable bonds is 0. The van der Waals surface area contributed by atoms with Gasteiger partial charge in [-0.3, -0.25) is 0 Å². The second kappa shape index (κ2) is 3.90. The van der Waals surface area contributed by atoms with Gasteiger partial charge in [0, 0.05) is 0 Å². The Kier molecular flexibility index (Phi) is 2.31. The van der Waals surface area contributed by atoms with E-state index in [1.165, 1.54) is 22.7 Å². The van der Waals surface area contributed by atoms with Gasteiger partial charge in [0.15, 0.2) is 0 Å². The van der Waals surface area contributed by atoms with Crippen molar-refractivity contribution >= 4 is 63.5 Å². The number of hydrogen-bond acceptors (Lipinski definition) is 4. The summed E-state index contributed by atoms with van der Waals surface area (Å²) in [5.74, 6) is 0. The van der Waals surface area contributed by atoms with Gasteiger partial charge in [0.05, 0.1) is 0 Å². The molecule has 0 atom stereocenters. The average molecular weight is 493 g/mol. The second-order valence-corrected chi connectivity index (χ2v) is 19.5. The van der Waals surface area contributed by atoms with E-state index < -0.39 is 40.7 Å². The van der Waals surface area contributed by atoms with Crippen molar-refractivity contribution in [1.29, 1.82) is 0 Å². The summed E-state index contributed by atoms with van der Waals surface area (Å²) in [6.07, 6.45) is 0. The number of nitrogens with zero attached hydrogens (tertiary/aromatic N) is 4. The predicted octanol–water partition coefficient (Wildman–Crippen LogP) is 1.88. The Labute approximate surface area is 134 Å². The van der Waals surface area contributed by atoms with Crippen molar-refractivity contribution in [2.45, 2.75) is 0 Å². The van der Waals surface area contributed by atoms with Crippen LogP contribution in [0.3, 0.4) is 0 Å². The van der Waals surface area contributed by atoms with E-state index in [2.05, 4.69) is 71.7 Å². The Morgan fingerprint density at radius 2 is 0.950 bits per heavy atom. The van der Waals surface area contributed by atoms with Gasteiger partial charge in [-0.15, -0.1) is 0 Å². The van der Waals surface area contributed by atoms with Crippen LogP contribution in [0.25, 0.3) is 0 Å². The first-order chi connectivity index (χ1) is 9.79. The van der Waals surface area contributed by atoms with E-state index >= 15 is 0 Å². The molecule has 0 spiro atoms. The number of benzene rings is 2. The normalized spacial score (nSPS) is 19.7. The molecule has 1 fully saturated rings. The SMILES string of the molecule is CN1c2ccccc2N2[Te+]1N1c3ccccc3N(C)[Te+]21. The topological polar surface area (TPSA) is 13.0 Å². The van der Waals surface area contributed by atoms with Crippen molar-refractivity contribution in [3.8, 4) is 0 Å². The minimum atomic E-state index is -1.55. The zero-order chi connectivity index (χ0) is 13.4. The number of anilines is 4. The molecular formula is C14H14N4Te2+2. The predicted molar refractivity (Wildman–Crippen MR) is 86.2 cm³/mol. The average Bonchev–Trinajstić information content (AvgIpc) is 2.82. The third-order valence-corrected chi connectivity index (χ3v) is 23.7. The molecular weight excluding hydrogens is 479 g/mol. The molecule has 1 saturated heterocycles. The van der Waals surface area contributed by atoms with Gasteiger partial charge in [-0.25, -0.2) is 0 Å². The fourth-order valence-corrected chi connectivity index (χ4v) is 27.4. The molecule has 0 N–H and O–H groups in total. The van der Waals surface area contributed by atoms with E-state index in [0.717, 1.165) is 0 Å². The third-order valence-electron chi connectivity index (χ3n) is 3.92. The minimum absolute atomic E-state index is 1.44. The molecule has 2 aromatic rings. The molecule has 0 aliphatic carbocycles. The Bertz CT molecular complexity index is 652. The number of para-hydroxylation sites is 4. The van der Waals surface area contributed by atoms with E-state index in [1.54, 1.807) is 0 Å². The van der Waals surface area contributed by atoms with Gasteiger partial charge in [-0.1, -0.05) is 0 Å². The van der Waals surface area contributed by atoms with Gasteiger partial charge in [0.25, 0.3) is 0 Å². The van der Waals surface area contributed by atoms with E-state index in [-0.39, 0.29) is 0 Å². The van der Waals surface area contributed by atoms with Gasteiger partial charge < -0.3 is 0 Å². The molecule has 4 nitrogen and oxygen atoms in total. The van der Waals surface area contributed by atoms with Gasteiger partial charge in [0.2, 0.25) is 0 Å². The maximum atomic E-state index is 2.84. The van der Waals surface area contributed by atoms with Crippen LogP contribution in [-0.2, 0) is 0 Å². The molecule has 3 aliphatic heterocycles. The van der Waals surface area contributed by atoms with Crippen LogP contribution in [0.4, 0.5) is 22.7 Å². The Morgan fingerprint density at radius 3 is 1.35 bits per heavy atom. The molecule has 3 heterocycles. The quantitative estimate of drug-likeness (QED) is 0.520. The van der Waals surface area contributed by atoms with Crippen LogP contribution in [0.2, 0.25) is 0 Å². The molecule has 2 aromatic carbocycles. The van der Waals surface area contributed by atoms with Crippen LogP contribution in [-0.4, -0.2) is 54.8 Å². The van der Waals surface area contributed by atoms with Crippen molar-refractivity contribution in [2.24, 2.45) is 0 Å². The zero-order valence-electron chi connectivity index (χ0n) is 11.2. The van der Waals surface area contributed by atoms with Crippen molar-refractivity contribution in [3.63, 3.8) is 0 Å². The summed E-state index contributed by atoms with van der Waals surface area (Å²) in [7, 11) is 4.57. The van der Waals surface area contributed by atoms with Crippen molar-refractivity contribution in [2.75, 3.05) is 23.2 Å². The molecule has 3 aliphatic rings. The van der Waals surface area contributed by atoms with Gasteiger partial charge in [-0.05, 0) is 0 Å². The van der Waals surface area contributed by atoms with Gasteiger partial charge in [0.1, 0.15) is 0 Å². The molecule has 0 radical (unpaired) electrons. The first-order valence-electron chi connectivity index (χ1n) is 6.54. The van der Waals surface area contributed by atoms with Crippen LogP contribution in [0, 0.1) is 0 Å².